The predicted molar refractivity (Wildman–Crippen MR) is 86.0 cm³/mol. The van der Waals surface area contributed by atoms with Crippen molar-refractivity contribution in [2.45, 2.75) is 10.1 Å². The molecule has 6 nitrogen and oxygen atoms in total. The van der Waals surface area contributed by atoms with Crippen LogP contribution in [0.1, 0.15) is 0 Å². The number of rotatable bonds is 3. The van der Waals surface area contributed by atoms with E-state index >= 15 is 0 Å². The third-order valence-corrected chi connectivity index (χ3v) is 4.14. The highest BCUT2D eigenvalue weighted by Crippen LogP contribution is 2.28. The number of hydrogen-bond donors (Lipinski definition) is 2. The zero-order chi connectivity index (χ0) is 14.9. The van der Waals surface area contributed by atoms with Crippen LogP contribution in [0.5, 0.6) is 0 Å². The maximum Gasteiger partial charge on any atom is 0.183 e. The standard InChI is InChI=1S/C15H12N6S/c16-13-12-14(18-9-17-13)20-15(19-12)22-11-5-3-10(4-6-11)21-7-1-2-8-21/h1-9H,(H3,16,17,18,19,20). The fourth-order valence-electron chi connectivity index (χ4n) is 2.18. The summed E-state index contributed by atoms with van der Waals surface area (Å²) >= 11 is 1.53. The molecule has 0 spiro atoms. The smallest absolute Gasteiger partial charge is 0.183 e. The van der Waals surface area contributed by atoms with Crippen molar-refractivity contribution in [2.75, 3.05) is 5.73 Å². The van der Waals surface area contributed by atoms with Crippen molar-refractivity contribution >= 4 is 28.7 Å². The number of nitrogens with one attached hydrogen (secondary N) is 1. The SMILES string of the molecule is Nc1ncnc2nc(Sc3ccc(-n4cccc4)cc3)[nH]c12. The van der Waals surface area contributed by atoms with Crippen LogP contribution in [0.3, 0.4) is 0 Å². The molecule has 108 valence electrons. The summed E-state index contributed by atoms with van der Waals surface area (Å²) in [6.07, 6.45) is 5.45. The van der Waals surface area contributed by atoms with Gasteiger partial charge in [0.15, 0.2) is 16.6 Å². The average Bonchev–Trinajstić information content (AvgIpc) is 3.18. The first kappa shape index (κ1) is 12.9. The van der Waals surface area contributed by atoms with E-state index < -0.39 is 0 Å². The van der Waals surface area contributed by atoms with Crippen LogP contribution in [0.15, 0.2) is 65.2 Å². The number of imidazole rings is 1. The van der Waals surface area contributed by atoms with E-state index in [1.54, 1.807) is 0 Å². The largest absolute Gasteiger partial charge is 0.382 e. The van der Waals surface area contributed by atoms with Gasteiger partial charge in [-0.2, -0.15) is 0 Å². The molecule has 7 heteroatoms. The Labute approximate surface area is 130 Å². The first-order valence-electron chi connectivity index (χ1n) is 6.67. The second kappa shape index (κ2) is 5.19. The zero-order valence-electron chi connectivity index (χ0n) is 11.5. The number of H-pyrrole nitrogens is 1. The van der Waals surface area contributed by atoms with Gasteiger partial charge in [-0.25, -0.2) is 15.0 Å². The van der Waals surface area contributed by atoms with Crippen molar-refractivity contribution in [1.82, 2.24) is 24.5 Å². The van der Waals surface area contributed by atoms with Crippen molar-refractivity contribution in [2.24, 2.45) is 0 Å². The monoisotopic (exact) mass is 308 g/mol. The van der Waals surface area contributed by atoms with E-state index in [-0.39, 0.29) is 0 Å². The van der Waals surface area contributed by atoms with Gasteiger partial charge >= 0.3 is 0 Å². The fourth-order valence-corrected chi connectivity index (χ4v) is 2.96. The molecule has 0 aliphatic carbocycles. The van der Waals surface area contributed by atoms with E-state index in [1.807, 2.05) is 24.5 Å². The average molecular weight is 308 g/mol. The highest BCUT2D eigenvalue weighted by Gasteiger charge is 2.08. The first-order valence-corrected chi connectivity index (χ1v) is 7.49. The Morgan fingerprint density at radius 1 is 1.05 bits per heavy atom. The van der Waals surface area contributed by atoms with Crippen LogP contribution in [-0.2, 0) is 0 Å². The molecule has 0 saturated carbocycles. The molecule has 3 N–H and O–H groups in total. The molecule has 0 radical (unpaired) electrons. The van der Waals surface area contributed by atoms with Gasteiger partial charge in [-0.05, 0) is 36.4 Å². The van der Waals surface area contributed by atoms with E-state index in [2.05, 4.69) is 48.8 Å². The molecule has 0 aliphatic heterocycles. The third kappa shape index (κ3) is 2.31. The van der Waals surface area contributed by atoms with Crippen molar-refractivity contribution in [3.05, 3.63) is 55.1 Å². The van der Waals surface area contributed by atoms with Crippen LogP contribution in [0.25, 0.3) is 16.9 Å². The van der Waals surface area contributed by atoms with Crippen molar-refractivity contribution in [3.8, 4) is 5.69 Å². The van der Waals surface area contributed by atoms with Crippen LogP contribution in [0.2, 0.25) is 0 Å². The summed E-state index contributed by atoms with van der Waals surface area (Å²) in [6, 6.07) is 12.3. The van der Waals surface area contributed by atoms with E-state index in [1.165, 1.54) is 18.1 Å². The lowest BCUT2D eigenvalue weighted by atomic mass is 10.3. The lowest BCUT2D eigenvalue weighted by Crippen LogP contribution is -1.91. The van der Waals surface area contributed by atoms with Gasteiger partial charge in [0.2, 0.25) is 0 Å². The van der Waals surface area contributed by atoms with Gasteiger partial charge in [0.25, 0.3) is 0 Å². The molecule has 0 aliphatic rings. The van der Waals surface area contributed by atoms with E-state index in [0.29, 0.717) is 17.0 Å². The normalized spacial score (nSPS) is 11.1. The maximum absolute atomic E-state index is 5.80. The summed E-state index contributed by atoms with van der Waals surface area (Å²) in [4.78, 5) is 16.7. The Morgan fingerprint density at radius 2 is 1.82 bits per heavy atom. The molecule has 0 unspecified atom stereocenters. The second-order valence-corrected chi connectivity index (χ2v) is 5.75. The molecule has 0 fully saturated rings. The molecule has 4 aromatic rings. The molecule has 4 rings (SSSR count). The van der Waals surface area contributed by atoms with Gasteiger partial charge < -0.3 is 15.3 Å². The number of aromatic nitrogens is 5. The number of nitrogen functional groups attached to an aromatic ring is 1. The summed E-state index contributed by atoms with van der Waals surface area (Å²) in [5.74, 6) is 0.410. The molecule has 3 aromatic heterocycles. The van der Waals surface area contributed by atoms with Gasteiger partial charge in [-0.1, -0.05) is 11.8 Å². The molecule has 0 bridgehead atoms. The second-order valence-electron chi connectivity index (χ2n) is 4.69. The van der Waals surface area contributed by atoms with Gasteiger partial charge in [0.05, 0.1) is 0 Å². The van der Waals surface area contributed by atoms with Crippen LogP contribution in [0, 0.1) is 0 Å². The zero-order valence-corrected chi connectivity index (χ0v) is 12.3. The first-order chi connectivity index (χ1) is 10.8. The lowest BCUT2D eigenvalue weighted by molar-refractivity contribution is 1.06. The van der Waals surface area contributed by atoms with Gasteiger partial charge in [0, 0.05) is 23.0 Å². The Kier molecular flexibility index (Phi) is 3.05. The molecular formula is C15H12N6S. The summed E-state index contributed by atoms with van der Waals surface area (Å²) in [5.41, 5.74) is 8.18. The minimum absolute atomic E-state index is 0.410. The van der Waals surface area contributed by atoms with Crippen LogP contribution in [0.4, 0.5) is 5.82 Å². The third-order valence-electron chi connectivity index (χ3n) is 3.25. The Hall–Kier alpha value is -2.80. The maximum atomic E-state index is 5.80. The van der Waals surface area contributed by atoms with Crippen LogP contribution < -0.4 is 5.73 Å². The molecule has 22 heavy (non-hydrogen) atoms. The van der Waals surface area contributed by atoms with E-state index in [9.17, 15) is 0 Å². The summed E-state index contributed by atoms with van der Waals surface area (Å²) < 4.78 is 2.06. The highest BCUT2D eigenvalue weighted by molar-refractivity contribution is 7.99. The quantitative estimate of drug-likeness (QED) is 0.608. The van der Waals surface area contributed by atoms with E-state index in [4.69, 9.17) is 5.73 Å². The van der Waals surface area contributed by atoms with Crippen molar-refractivity contribution in [1.29, 1.82) is 0 Å². The van der Waals surface area contributed by atoms with Crippen LogP contribution >= 0.6 is 11.8 Å². The van der Waals surface area contributed by atoms with Gasteiger partial charge in [-0.15, -0.1) is 0 Å². The summed E-state index contributed by atoms with van der Waals surface area (Å²) in [7, 11) is 0. The van der Waals surface area contributed by atoms with E-state index in [0.717, 1.165) is 15.7 Å². The van der Waals surface area contributed by atoms with Crippen LogP contribution in [-0.4, -0.2) is 24.5 Å². The molecule has 3 heterocycles. The Balaban J connectivity index is 1.61. The molecular weight excluding hydrogens is 296 g/mol. The molecule has 1 aromatic carbocycles. The number of aromatic amines is 1. The van der Waals surface area contributed by atoms with Gasteiger partial charge in [0.1, 0.15) is 11.8 Å². The summed E-state index contributed by atoms with van der Waals surface area (Å²) in [5, 5.41) is 0.746. The minimum Gasteiger partial charge on any atom is -0.382 e. The highest BCUT2D eigenvalue weighted by atomic mass is 32.2. The number of nitrogens with zero attached hydrogens (tertiary/aromatic N) is 4. The molecule has 0 saturated heterocycles. The molecule has 0 amide bonds. The summed E-state index contributed by atoms with van der Waals surface area (Å²) in [6.45, 7) is 0. The molecule has 0 atom stereocenters. The number of hydrogen-bond acceptors (Lipinski definition) is 5. The fraction of sp³-hybridized carbons (Fsp3) is 0. The van der Waals surface area contributed by atoms with Crippen molar-refractivity contribution in [3.63, 3.8) is 0 Å². The Morgan fingerprint density at radius 3 is 2.55 bits per heavy atom. The van der Waals surface area contributed by atoms with Crippen molar-refractivity contribution < 1.29 is 0 Å². The lowest BCUT2D eigenvalue weighted by Gasteiger charge is -2.03. The topological polar surface area (TPSA) is 85.4 Å². The Bertz CT molecular complexity index is 911. The predicted octanol–water partition coefficient (Wildman–Crippen LogP) is 2.88. The number of anilines is 1. The minimum atomic E-state index is 0.410. The number of nitrogens with two attached hydrogens (primary N) is 1. The van der Waals surface area contributed by atoms with Gasteiger partial charge in [-0.3, -0.25) is 0 Å². The number of fused-ring (bicyclic) bond motifs is 1. The number of benzene rings is 1.